The molecule has 0 amide bonds. The second-order valence-electron chi connectivity index (χ2n) is 6.52. The van der Waals surface area contributed by atoms with Gasteiger partial charge in [-0.25, -0.2) is 0 Å². The Morgan fingerprint density at radius 1 is 1.04 bits per heavy atom. The lowest BCUT2D eigenvalue weighted by molar-refractivity contribution is -0.138. The van der Waals surface area contributed by atoms with Crippen LogP contribution in [0.5, 0.6) is 5.75 Å². The standard InChI is InChI=1S/C20H23F3N2O/c1-26-19-9-5-3-7-16(19)14-25(17-10-11-24-12-17)13-15-6-2-4-8-18(15)20(21,22)23/h2-9,17,24H,10-14H2,1H3/t17-/m0/s1. The zero-order valence-electron chi connectivity index (χ0n) is 14.7. The van der Waals surface area contributed by atoms with Crippen LogP contribution in [0.25, 0.3) is 0 Å². The van der Waals surface area contributed by atoms with Gasteiger partial charge in [0.15, 0.2) is 0 Å². The lowest BCUT2D eigenvalue weighted by atomic mass is 10.0. The Morgan fingerprint density at radius 3 is 2.35 bits per heavy atom. The molecule has 0 bridgehead atoms. The summed E-state index contributed by atoms with van der Waals surface area (Å²) in [7, 11) is 1.61. The van der Waals surface area contributed by atoms with Crippen LogP contribution in [0.2, 0.25) is 0 Å². The zero-order chi connectivity index (χ0) is 18.6. The van der Waals surface area contributed by atoms with Crippen molar-refractivity contribution in [1.82, 2.24) is 10.2 Å². The Hall–Kier alpha value is -2.05. The molecule has 1 aliphatic heterocycles. The van der Waals surface area contributed by atoms with Crippen LogP contribution in [0.3, 0.4) is 0 Å². The van der Waals surface area contributed by atoms with Crippen LogP contribution >= 0.6 is 0 Å². The van der Waals surface area contributed by atoms with Gasteiger partial charge in [0.1, 0.15) is 5.75 Å². The topological polar surface area (TPSA) is 24.5 Å². The first kappa shape index (κ1) is 18.7. The minimum atomic E-state index is -4.35. The van der Waals surface area contributed by atoms with Gasteiger partial charge in [-0.2, -0.15) is 13.2 Å². The Kier molecular flexibility index (Phi) is 5.84. The van der Waals surface area contributed by atoms with Crippen molar-refractivity contribution in [3.63, 3.8) is 0 Å². The molecule has 6 heteroatoms. The fourth-order valence-electron chi connectivity index (χ4n) is 3.47. The predicted octanol–water partition coefficient (Wildman–Crippen LogP) is 4.08. The summed E-state index contributed by atoms with van der Waals surface area (Å²) >= 11 is 0. The van der Waals surface area contributed by atoms with Gasteiger partial charge in [0, 0.05) is 31.2 Å². The van der Waals surface area contributed by atoms with Gasteiger partial charge in [0.25, 0.3) is 0 Å². The number of hydrogen-bond donors (Lipinski definition) is 1. The van der Waals surface area contributed by atoms with Crippen molar-refractivity contribution in [1.29, 1.82) is 0 Å². The maximum absolute atomic E-state index is 13.4. The molecule has 2 aromatic rings. The van der Waals surface area contributed by atoms with Crippen molar-refractivity contribution in [3.05, 3.63) is 65.2 Å². The van der Waals surface area contributed by atoms with Gasteiger partial charge in [-0.1, -0.05) is 36.4 Å². The fraction of sp³-hybridized carbons (Fsp3) is 0.400. The average Bonchev–Trinajstić information content (AvgIpc) is 3.16. The van der Waals surface area contributed by atoms with Gasteiger partial charge >= 0.3 is 6.18 Å². The summed E-state index contributed by atoms with van der Waals surface area (Å²) in [5.41, 5.74) is 0.726. The van der Waals surface area contributed by atoms with E-state index in [1.807, 2.05) is 24.3 Å². The van der Waals surface area contributed by atoms with Crippen LogP contribution < -0.4 is 10.1 Å². The number of rotatable bonds is 6. The molecule has 3 rings (SSSR count). The molecule has 0 aromatic heterocycles. The number of hydrogen-bond acceptors (Lipinski definition) is 3. The van der Waals surface area contributed by atoms with Crippen LogP contribution in [0.4, 0.5) is 13.2 Å². The second-order valence-corrected chi connectivity index (χ2v) is 6.52. The SMILES string of the molecule is COc1ccccc1CN(Cc1ccccc1C(F)(F)F)[C@H]1CCNC1. The Bertz CT molecular complexity index is 727. The zero-order valence-corrected chi connectivity index (χ0v) is 14.7. The quantitative estimate of drug-likeness (QED) is 0.836. The molecule has 0 radical (unpaired) electrons. The van der Waals surface area contributed by atoms with E-state index < -0.39 is 11.7 Å². The van der Waals surface area contributed by atoms with Crippen molar-refractivity contribution in [2.24, 2.45) is 0 Å². The average molecular weight is 364 g/mol. The van der Waals surface area contributed by atoms with E-state index in [4.69, 9.17) is 4.74 Å². The molecule has 0 aliphatic carbocycles. The molecule has 3 nitrogen and oxygen atoms in total. The number of nitrogens with one attached hydrogen (secondary N) is 1. The van der Waals surface area contributed by atoms with Crippen molar-refractivity contribution >= 4 is 0 Å². The largest absolute Gasteiger partial charge is 0.496 e. The lowest BCUT2D eigenvalue weighted by Crippen LogP contribution is -2.36. The molecule has 1 saturated heterocycles. The predicted molar refractivity (Wildman–Crippen MR) is 95.0 cm³/mol. The van der Waals surface area contributed by atoms with Crippen LogP contribution in [-0.4, -0.2) is 31.1 Å². The summed E-state index contributed by atoms with van der Waals surface area (Å²) in [5, 5.41) is 3.30. The van der Waals surface area contributed by atoms with E-state index in [9.17, 15) is 13.2 Å². The summed E-state index contributed by atoms with van der Waals surface area (Å²) in [6, 6.07) is 13.7. The lowest BCUT2D eigenvalue weighted by Gasteiger charge is -2.30. The molecule has 2 aromatic carbocycles. The molecule has 1 fully saturated rings. The van der Waals surface area contributed by atoms with E-state index in [1.165, 1.54) is 6.07 Å². The van der Waals surface area contributed by atoms with E-state index in [2.05, 4.69) is 10.2 Å². The highest BCUT2D eigenvalue weighted by Gasteiger charge is 2.34. The summed E-state index contributed by atoms with van der Waals surface area (Å²) < 4.78 is 45.5. The Balaban J connectivity index is 1.88. The molecule has 0 spiro atoms. The molecule has 1 atom stereocenters. The number of nitrogens with zero attached hydrogens (tertiary/aromatic N) is 1. The van der Waals surface area contributed by atoms with E-state index in [0.29, 0.717) is 12.1 Å². The third-order valence-corrected chi connectivity index (χ3v) is 4.81. The highest BCUT2D eigenvalue weighted by atomic mass is 19.4. The molecule has 1 aliphatic rings. The van der Waals surface area contributed by atoms with Gasteiger partial charge < -0.3 is 10.1 Å². The first-order chi connectivity index (χ1) is 12.5. The maximum atomic E-state index is 13.4. The van der Waals surface area contributed by atoms with E-state index in [1.54, 1.807) is 19.2 Å². The highest BCUT2D eigenvalue weighted by Crippen LogP contribution is 2.33. The number of benzene rings is 2. The van der Waals surface area contributed by atoms with Crippen molar-refractivity contribution < 1.29 is 17.9 Å². The molecule has 1 heterocycles. The molecular formula is C20H23F3N2O. The second kappa shape index (κ2) is 8.10. The van der Waals surface area contributed by atoms with E-state index in [-0.39, 0.29) is 12.6 Å². The first-order valence-electron chi connectivity index (χ1n) is 8.71. The highest BCUT2D eigenvalue weighted by molar-refractivity contribution is 5.34. The van der Waals surface area contributed by atoms with Gasteiger partial charge in [-0.3, -0.25) is 4.90 Å². The van der Waals surface area contributed by atoms with Crippen molar-refractivity contribution in [3.8, 4) is 5.75 Å². The number of halogens is 3. The van der Waals surface area contributed by atoms with Crippen LogP contribution in [0.1, 0.15) is 23.1 Å². The number of alkyl halides is 3. The van der Waals surface area contributed by atoms with Crippen molar-refractivity contribution in [2.75, 3.05) is 20.2 Å². The molecule has 140 valence electrons. The van der Waals surface area contributed by atoms with Gasteiger partial charge in [0.05, 0.1) is 12.7 Å². The molecule has 0 saturated carbocycles. The minimum absolute atomic E-state index is 0.196. The summed E-state index contributed by atoms with van der Waals surface area (Å²) in [4.78, 5) is 2.11. The van der Waals surface area contributed by atoms with Crippen LogP contribution in [0, 0.1) is 0 Å². The maximum Gasteiger partial charge on any atom is 0.416 e. The van der Waals surface area contributed by atoms with Gasteiger partial charge in [-0.05, 0) is 30.7 Å². The van der Waals surface area contributed by atoms with Crippen LogP contribution in [-0.2, 0) is 19.3 Å². The fourth-order valence-corrected chi connectivity index (χ4v) is 3.47. The Labute approximate surface area is 151 Å². The Morgan fingerprint density at radius 2 is 1.69 bits per heavy atom. The van der Waals surface area contributed by atoms with E-state index in [0.717, 1.165) is 36.9 Å². The smallest absolute Gasteiger partial charge is 0.416 e. The first-order valence-corrected chi connectivity index (χ1v) is 8.71. The summed E-state index contributed by atoms with van der Waals surface area (Å²) in [6.45, 7) is 2.46. The van der Waals surface area contributed by atoms with Gasteiger partial charge in [0.2, 0.25) is 0 Å². The number of para-hydroxylation sites is 1. The molecule has 26 heavy (non-hydrogen) atoms. The summed E-state index contributed by atoms with van der Waals surface area (Å²) in [6.07, 6.45) is -3.43. The molecular weight excluding hydrogens is 341 g/mol. The van der Waals surface area contributed by atoms with Gasteiger partial charge in [-0.15, -0.1) is 0 Å². The van der Waals surface area contributed by atoms with E-state index >= 15 is 0 Å². The minimum Gasteiger partial charge on any atom is -0.496 e. The number of ether oxygens (including phenoxy) is 1. The summed E-state index contributed by atoms with van der Waals surface area (Å²) in [5.74, 6) is 0.757. The molecule has 0 unspecified atom stereocenters. The monoisotopic (exact) mass is 364 g/mol. The molecule has 1 N–H and O–H groups in total. The van der Waals surface area contributed by atoms with Crippen molar-refractivity contribution in [2.45, 2.75) is 31.7 Å². The van der Waals surface area contributed by atoms with Crippen LogP contribution in [0.15, 0.2) is 48.5 Å². The third kappa shape index (κ3) is 4.37. The normalized spacial score (nSPS) is 17.7. The number of methoxy groups -OCH3 is 1. The third-order valence-electron chi connectivity index (χ3n) is 4.81.